The number of amides is 3. The van der Waals surface area contributed by atoms with Gasteiger partial charge in [0.25, 0.3) is 0 Å². The number of hydrogen-bond donors (Lipinski definition) is 2. The highest BCUT2D eigenvalue weighted by Gasteiger charge is 2.35. The summed E-state index contributed by atoms with van der Waals surface area (Å²) in [4.78, 5) is 38.2. The number of nitrogens with zero attached hydrogens (tertiary/aromatic N) is 1. The second-order valence-electron chi connectivity index (χ2n) is 6.77. The minimum absolute atomic E-state index is 0.0101. The van der Waals surface area contributed by atoms with Crippen molar-refractivity contribution in [1.29, 1.82) is 0 Å². The first kappa shape index (κ1) is 17.7. The quantitative estimate of drug-likeness (QED) is 0.788. The van der Waals surface area contributed by atoms with Crippen LogP contribution in [-0.2, 0) is 20.8 Å². The Hall–Kier alpha value is -2.67. The van der Waals surface area contributed by atoms with Crippen LogP contribution in [0.2, 0.25) is 0 Å². The van der Waals surface area contributed by atoms with Gasteiger partial charge in [-0.15, -0.1) is 0 Å². The van der Waals surface area contributed by atoms with E-state index in [4.69, 9.17) is 0 Å². The molecule has 138 valence electrons. The van der Waals surface area contributed by atoms with Crippen molar-refractivity contribution in [2.75, 3.05) is 22.1 Å². The molecule has 0 aromatic heterocycles. The Bertz CT molecular complexity index is 944. The summed E-state index contributed by atoms with van der Waals surface area (Å²) in [5.74, 6) is -0.621. The number of fused-ring (bicyclic) bond motifs is 1. The molecule has 0 radical (unpaired) electrons. The summed E-state index contributed by atoms with van der Waals surface area (Å²) in [6, 6.07) is 12.9. The van der Waals surface area contributed by atoms with E-state index in [1.807, 2.05) is 30.3 Å². The average Bonchev–Trinajstić information content (AvgIpc) is 3.04. The number of carbonyl (C=O) groups excluding carboxylic acids is 3. The molecule has 27 heavy (non-hydrogen) atoms. The third kappa shape index (κ3) is 3.60. The molecule has 2 aromatic rings. The molecule has 2 heterocycles. The first-order valence-corrected chi connectivity index (χ1v) is 9.59. The predicted octanol–water partition coefficient (Wildman–Crippen LogP) is 3.33. The zero-order valence-corrected chi connectivity index (χ0v) is 16.1. The van der Waals surface area contributed by atoms with Gasteiger partial charge >= 0.3 is 0 Å². The maximum Gasteiger partial charge on any atom is 0.229 e. The van der Waals surface area contributed by atoms with Crippen LogP contribution in [-0.4, -0.2) is 24.3 Å². The highest BCUT2D eigenvalue weighted by molar-refractivity contribution is 9.10. The van der Waals surface area contributed by atoms with Crippen molar-refractivity contribution in [2.24, 2.45) is 5.92 Å². The summed E-state index contributed by atoms with van der Waals surface area (Å²) in [6.45, 7) is 0.355. The Labute approximate surface area is 165 Å². The molecule has 3 amide bonds. The molecule has 2 aliphatic rings. The van der Waals surface area contributed by atoms with E-state index in [1.165, 1.54) is 0 Å². The molecule has 2 aromatic carbocycles. The predicted molar refractivity (Wildman–Crippen MR) is 107 cm³/mol. The molecule has 7 heteroatoms. The van der Waals surface area contributed by atoms with E-state index in [-0.39, 0.29) is 24.1 Å². The molecule has 6 nitrogen and oxygen atoms in total. The maximum absolute atomic E-state index is 12.7. The van der Waals surface area contributed by atoms with Crippen LogP contribution in [0, 0.1) is 5.92 Å². The van der Waals surface area contributed by atoms with Crippen LogP contribution in [0.25, 0.3) is 0 Å². The van der Waals surface area contributed by atoms with Gasteiger partial charge in [-0.2, -0.15) is 0 Å². The first-order chi connectivity index (χ1) is 13.0. The zero-order valence-electron chi connectivity index (χ0n) is 14.5. The normalized spacial score (nSPS) is 18.9. The van der Waals surface area contributed by atoms with Gasteiger partial charge in [0.15, 0.2) is 0 Å². The lowest BCUT2D eigenvalue weighted by molar-refractivity contribution is -0.122. The number of hydrogen-bond acceptors (Lipinski definition) is 3. The van der Waals surface area contributed by atoms with Gasteiger partial charge in [0.05, 0.1) is 11.6 Å². The lowest BCUT2D eigenvalue weighted by Crippen LogP contribution is -2.28. The summed E-state index contributed by atoms with van der Waals surface area (Å²) in [7, 11) is 0. The summed E-state index contributed by atoms with van der Waals surface area (Å²) < 4.78 is 0.830. The SMILES string of the molecule is O=C1CCc2cc(NC(=O)[C@H]3CC(=O)N(c4ccccc4Br)C3)ccc2N1. The Morgan fingerprint density at radius 1 is 1.15 bits per heavy atom. The lowest BCUT2D eigenvalue weighted by atomic mass is 10.0. The fourth-order valence-electron chi connectivity index (χ4n) is 3.49. The van der Waals surface area contributed by atoms with Crippen molar-refractivity contribution in [3.8, 4) is 0 Å². The van der Waals surface area contributed by atoms with E-state index in [0.717, 1.165) is 21.4 Å². The summed E-state index contributed by atoms with van der Waals surface area (Å²) in [5, 5.41) is 5.73. The fourth-order valence-corrected chi connectivity index (χ4v) is 3.99. The molecule has 1 fully saturated rings. The van der Waals surface area contributed by atoms with Crippen LogP contribution < -0.4 is 15.5 Å². The second kappa shape index (κ2) is 7.15. The van der Waals surface area contributed by atoms with Crippen LogP contribution in [0.15, 0.2) is 46.9 Å². The molecule has 0 unspecified atom stereocenters. The van der Waals surface area contributed by atoms with E-state index >= 15 is 0 Å². The van der Waals surface area contributed by atoms with Crippen molar-refractivity contribution >= 4 is 50.7 Å². The molecule has 2 N–H and O–H groups in total. The number of anilines is 3. The number of carbonyl (C=O) groups is 3. The Kier molecular flexibility index (Phi) is 4.70. The third-order valence-electron chi connectivity index (χ3n) is 4.91. The second-order valence-corrected chi connectivity index (χ2v) is 7.62. The van der Waals surface area contributed by atoms with Crippen molar-refractivity contribution in [2.45, 2.75) is 19.3 Å². The smallest absolute Gasteiger partial charge is 0.229 e. The first-order valence-electron chi connectivity index (χ1n) is 8.80. The van der Waals surface area contributed by atoms with Crippen molar-refractivity contribution in [3.63, 3.8) is 0 Å². The topological polar surface area (TPSA) is 78.5 Å². The van der Waals surface area contributed by atoms with Crippen molar-refractivity contribution < 1.29 is 14.4 Å². The Balaban J connectivity index is 1.46. The molecule has 0 bridgehead atoms. The number of aryl methyl sites for hydroxylation is 1. The highest BCUT2D eigenvalue weighted by Crippen LogP contribution is 2.32. The molecule has 2 aliphatic heterocycles. The van der Waals surface area contributed by atoms with Gasteiger partial charge in [0, 0.05) is 35.2 Å². The van der Waals surface area contributed by atoms with Gasteiger partial charge < -0.3 is 15.5 Å². The van der Waals surface area contributed by atoms with Gasteiger partial charge in [0.1, 0.15) is 0 Å². The number of halogens is 1. The number of rotatable bonds is 3. The van der Waals surface area contributed by atoms with Crippen molar-refractivity contribution in [1.82, 2.24) is 0 Å². The number of nitrogens with one attached hydrogen (secondary N) is 2. The Morgan fingerprint density at radius 2 is 1.96 bits per heavy atom. The van der Waals surface area contributed by atoms with E-state index in [2.05, 4.69) is 26.6 Å². The van der Waals surface area contributed by atoms with E-state index in [9.17, 15) is 14.4 Å². The van der Waals surface area contributed by atoms with Crippen LogP contribution in [0.4, 0.5) is 17.1 Å². The third-order valence-corrected chi connectivity index (χ3v) is 5.58. The standard InChI is InChI=1S/C20H18BrN3O3/c21-15-3-1-2-4-17(15)24-11-13(10-19(24)26)20(27)22-14-6-7-16-12(9-14)5-8-18(25)23-16/h1-4,6-7,9,13H,5,8,10-11H2,(H,22,27)(H,23,25)/t13-/m0/s1. The average molecular weight is 428 g/mol. The van der Waals surface area contributed by atoms with Crippen LogP contribution in [0.3, 0.4) is 0 Å². The van der Waals surface area contributed by atoms with Gasteiger partial charge in [-0.05, 0) is 58.2 Å². The van der Waals surface area contributed by atoms with Gasteiger partial charge in [-0.25, -0.2) is 0 Å². The van der Waals surface area contributed by atoms with Gasteiger partial charge in [-0.1, -0.05) is 12.1 Å². The van der Waals surface area contributed by atoms with E-state index < -0.39 is 5.92 Å². The fraction of sp³-hybridized carbons (Fsp3) is 0.250. The summed E-state index contributed by atoms with van der Waals surface area (Å²) >= 11 is 3.46. The Morgan fingerprint density at radius 3 is 2.78 bits per heavy atom. The highest BCUT2D eigenvalue weighted by atomic mass is 79.9. The monoisotopic (exact) mass is 427 g/mol. The summed E-state index contributed by atoms with van der Waals surface area (Å²) in [6.07, 6.45) is 1.29. The number of benzene rings is 2. The van der Waals surface area contributed by atoms with Gasteiger partial charge in [-0.3, -0.25) is 14.4 Å². The van der Waals surface area contributed by atoms with Crippen molar-refractivity contribution in [3.05, 3.63) is 52.5 Å². The van der Waals surface area contributed by atoms with Crippen LogP contribution >= 0.6 is 15.9 Å². The molecule has 0 aliphatic carbocycles. The molecule has 1 saturated heterocycles. The minimum Gasteiger partial charge on any atom is -0.326 e. The lowest BCUT2D eigenvalue weighted by Gasteiger charge is -2.19. The molecule has 4 rings (SSSR count). The minimum atomic E-state index is -0.402. The maximum atomic E-state index is 12.7. The van der Waals surface area contributed by atoms with Gasteiger partial charge in [0.2, 0.25) is 17.7 Å². The van der Waals surface area contributed by atoms with Crippen LogP contribution in [0.1, 0.15) is 18.4 Å². The largest absolute Gasteiger partial charge is 0.326 e. The zero-order chi connectivity index (χ0) is 19.0. The summed E-state index contributed by atoms with van der Waals surface area (Å²) in [5.41, 5.74) is 3.26. The van der Waals surface area contributed by atoms with Crippen LogP contribution in [0.5, 0.6) is 0 Å². The van der Waals surface area contributed by atoms with E-state index in [0.29, 0.717) is 25.1 Å². The number of para-hydroxylation sites is 1. The molecule has 0 saturated carbocycles. The molecular weight excluding hydrogens is 410 g/mol. The molecule has 1 atom stereocenters. The van der Waals surface area contributed by atoms with E-state index in [1.54, 1.807) is 17.0 Å². The molecular formula is C20H18BrN3O3. The molecule has 0 spiro atoms.